The first kappa shape index (κ1) is 19.2. The van der Waals surface area contributed by atoms with E-state index in [1.807, 2.05) is 30.5 Å². The van der Waals surface area contributed by atoms with Crippen molar-refractivity contribution in [2.45, 2.75) is 33.7 Å². The van der Waals surface area contributed by atoms with Crippen LogP contribution in [0, 0.1) is 5.92 Å². The quantitative estimate of drug-likeness (QED) is 0.645. The van der Waals surface area contributed by atoms with Crippen molar-refractivity contribution in [2.75, 3.05) is 11.4 Å². The lowest BCUT2D eigenvalue weighted by atomic mass is 10.0. The summed E-state index contributed by atoms with van der Waals surface area (Å²) in [4.78, 5) is 26.3. The molecule has 0 unspecified atom stereocenters. The number of carbonyl (C=O) groups is 2. The zero-order valence-corrected chi connectivity index (χ0v) is 16.6. The molecule has 2 aromatic heterocycles. The number of anilines is 1. The molecule has 142 valence electrons. The highest BCUT2D eigenvalue weighted by molar-refractivity contribution is 7.17. The maximum absolute atomic E-state index is 13.0. The fourth-order valence-electron chi connectivity index (χ4n) is 3.37. The normalized spacial score (nSPS) is 11.3. The number of hydrogen-bond acceptors (Lipinski definition) is 3. The summed E-state index contributed by atoms with van der Waals surface area (Å²) in [5.41, 5.74) is 2.98. The fraction of sp³-hybridized carbons (Fsp3) is 0.333. The van der Waals surface area contributed by atoms with Crippen LogP contribution in [0.1, 0.15) is 36.8 Å². The van der Waals surface area contributed by atoms with E-state index in [2.05, 4.69) is 26.0 Å². The second-order valence-corrected chi connectivity index (χ2v) is 7.94. The van der Waals surface area contributed by atoms with Crippen molar-refractivity contribution in [2.24, 2.45) is 5.92 Å². The van der Waals surface area contributed by atoms with Gasteiger partial charge in [0.15, 0.2) is 0 Å². The van der Waals surface area contributed by atoms with E-state index in [9.17, 15) is 14.7 Å². The van der Waals surface area contributed by atoms with Crippen LogP contribution in [-0.4, -0.2) is 28.1 Å². The molecule has 0 fully saturated rings. The standard InChI is InChI=1S/C21H24N2O3S/c1-4-22(16-7-5-6-15(11-16)10-14(2)3)20(24)13-23-17-8-9-27-19(17)12-18(23)21(25)26/h5-9,11-12,14H,4,10,13H2,1-3H3,(H,25,26). The number of benzene rings is 1. The molecule has 6 heteroatoms. The predicted octanol–water partition coefficient (Wildman–Crippen LogP) is 4.65. The van der Waals surface area contributed by atoms with E-state index >= 15 is 0 Å². The summed E-state index contributed by atoms with van der Waals surface area (Å²) in [6, 6.07) is 11.5. The number of fused-ring (bicyclic) bond motifs is 1. The smallest absolute Gasteiger partial charge is 0.352 e. The van der Waals surface area contributed by atoms with Crippen molar-refractivity contribution in [3.8, 4) is 0 Å². The Kier molecular flexibility index (Phi) is 5.65. The van der Waals surface area contributed by atoms with Gasteiger partial charge in [-0.15, -0.1) is 11.3 Å². The number of nitrogens with zero attached hydrogens (tertiary/aromatic N) is 2. The maximum Gasteiger partial charge on any atom is 0.352 e. The fourth-order valence-corrected chi connectivity index (χ4v) is 4.19. The lowest BCUT2D eigenvalue weighted by Crippen LogP contribution is -2.34. The molecule has 1 aromatic carbocycles. The van der Waals surface area contributed by atoms with Gasteiger partial charge in [-0.05, 0) is 54.5 Å². The molecule has 0 spiro atoms. The number of thiophene rings is 1. The van der Waals surface area contributed by atoms with Gasteiger partial charge in [0.2, 0.25) is 5.91 Å². The van der Waals surface area contributed by atoms with Gasteiger partial charge in [-0.2, -0.15) is 0 Å². The Labute approximate surface area is 162 Å². The van der Waals surface area contributed by atoms with Crippen LogP contribution in [0.3, 0.4) is 0 Å². The number of aromatic nitrogens is 1. The maximum atomic E-state index is 13.0. The minimum Gasteiger partial charge on any atom is -0.477 e. The highest BCUT2D eigenvalue weighted by Crippen LogP contribution is 2.26. The van der Waals surface area contributed by atoms with Crippen molar-refractivity contribution >= 4 is 39.1 Å². The van der Waals surface area contributed by atoms with Crippen LogP contribution in [0.4, 0.5) is 5.69 Å². The van der Waals surface area contributed by atoms with Crippen LogP contribution in [0.15, 0.2) is 41.8 Å². The number of carboxylic acid groups (broad SMARTS) is 1. The van der Waals surface area contributed by atoms with Gasteiger partial charge in [-0.1, -0.05) is 26.0 Å². The lowest BCUT2D eigenvalue weighted by molar-refractivity contribution is -0.119. The van der Waals surface area contributed by atoms with E-state index in [-0.39, 0.29) is 18.1 Å². The number of hydrogen-bond donors (Lipinski definition) is 1. The van der Waals surface area contributed by atoms with E-state index in [4.69, 9.17) is 0 Å². The first-order valence-corrected chi connectivity index (χ1v) is 9.98. The van der Waals surface area contributed by atoms with E-state index in [1.54, 1.807) is 15.5 Å². The molecular formula is C21H24N2O3S. The van der Waals surface area contributed by atoms with Gasteiger partial charge < -0.3 is 14.6 Å². The van der Waals surface area contributed by atoms with Crippen molar-refractivity contribution in [3.63, 3.8) is 0 Å². The Bertz CT molecular complexity index is 971. The Morgan fingerprint density at radius 2 is 2.00 bits per heavy atom. The second kappa shape index (κ2) is 7.96. The number of carboxylic acids is 1. The predicted molar refractivity (Wildman–Crippen MR) is 110 cm³/mol. The van der Waals surface area contributed by atoms with Gasteiger partial charge in [-0.3, -0.25) is 4.79 Å². The summed E-state index contributed by atoms with van der Waals surface area (Å²) in [5, 5.41) is 11.4. The second-order valence-electron chi connectivity index (χ2n) is 7.00. The summed E-state index contributed by atoms with van der Waals surface area (Å²) in [6.07, 6.45) is 0.954. The molecule has 2 heterocycles. The molecule has 0 bridgehead atoms. The Morgan fingerprint density at radius 1 is 1.22 bits per heavy atom. The molecule has 0 radical (unpaired) electrons. The first-order valence-electron chi connectivity index (χ1n) is 9.10. The van der Waals surface area contributed by atoms with Crippen molar-refractivity contribution in [3.05, 3.63) is 53.0 Å². The SMILES string of the molecule is CCN(C(=O)Cn1c(C(=O)O)cc2sccc21)c1cccc(CC(C)C)c1. The van der Waals surface area contributed by atoms with Gasteiger partial charge in [0, 0.05) is 12.2 Å². The first-order chi connectivity index (χ1) is 12.9. The van der Waals surface area contributed by atoms with Crippen LogP contribution in [-0.2, 0) is 17.8 Å². The van der Waals surface area contributed by atoms with Crippen LogP contribution in [0.2, 0.25) is 0 Å². The molecule has 1 amide bonds. The van der Waals surface area contributed by atoms with E-state index in [1.165, 1.54) is 16.9 Å². The number of aromatic carboxylic acids is 1. The highest BCUT2D eigenvalue weighted by atomic mass is 32.1. The summed E-state index contributed by atoms with van der Waals surface area (Å²) in [7, 11) is 0. The van der Waals surface area contributed by atoms with Gasteiger partial charge in [0.05, 0.1) is 10.2 Å². The highest BCUT2D eigenvalue weighted by Gasteiger charge is 2.21. The molecule has 0 atom stereocenters. The zero-order valence-electron chi connectivity index (χ0n) is 15.8. The Balaban J connectivity index is 1.89. The van der Waals surface area contributed by atoms with E-state index in [0.29, 0.717) is 12.5 Å². The van der Waals surface area contributed by atoms with Gasteiger partial charge in [0.1, 0.15) is 12.2 Å². The number of amides is 1. The average Bonchev–Trinajstić information content (AvgIpc) is 3.18. The van der Waals surface area contributed by atoms with E-state index in [0.717, 1.165) is 22.3 Å². The topological polar surface area (TPSA) is 62.5 Å². The molecule has 0 saturated carbocycles. The molecule has 1 N–H and O–H groups in total. The van der Waals surface area contributed by atoms with E-state index < -0.39 is 5.97 Å². The third-order valence-corrected chi connectivity index (χ3v) is 5.37. The van der Waals surface area contributed by atoms with Crippen LogP contribution in [0.5, 0.6) is 0 Å². The third kappa shape index (κ3) is 4.06. The van der Waals surface area contributed by atoms with Gasteiger partial charge in [-0.25, -0.2) is 4.79 Å². The number of carbonyl (C=O) groups excluding carboxylic acids is 1. The molecule has 3 rings (SSSR count). The minimum atomic E-state index is -1.02. The van der Waals surface area contributed by atoms with Gasteiger partial charge in [0.25, 0.3) is 0 Å². The Morgan fingerprint density at radius 3 is 2.67 bits per heavy atom. The largest absolute Gasteiger partial charge is 0.477 e. The summed E-state index contributed by atoms with van der Waals surface area (Å²) in [6.45, 7) is 6.80. The minimum absolute atomic E-state index is 0.00408. The van der Waals surface area contributed by atoms with Crippen LogP contribution >= 0.6 is 11.3 Å². The van der Waals surface area contributed by atoms with Crippen molar-refractivity contribution in [1.82, 2.24) is 4.57 Å². The van der Waals surface area contributed by atoms with Crippen molar-refractivity contribution in [1.29, 1.82) is 0 Å². The average molecular weight is 385 g/mol. The molecule has 0 aliphatic rings. The molecule has 0 aliphatic heterocycles. The molecule has 0 aliphatic carbocycles. The molecule has 3 aromatic rings. The van der Waals surface area contributed by atoms with Gasteiger partial charge >= 0.3 is 5.97 Å². The summed E-state index contributed by atoms with van der Waals surface area (Å²) < 4.78 is 2.47. The van der Waals surface area contributed by atoms with Crippen LogP contribution in [0.25, 0.3) is 10.2 Å². The molecule has 0 saturated heterocycles. The zero-order chi connectivity index (χ0) is 19.6. The van der Waals surface area contributed by atoms with Crippen LogP contribution < -0.4 is 4.90 Å². The molecular weight excluding hydrogens is 360 g/mol. The number of rotatable bonds is 7. The van der Waals surface area contributed by atoms with Crippen molar-refractivity contribution < 1.29 is 14.7 Å². The lowest BCUT2D eigenvalue weighted by Gasteiger charge is -2.23. The summed E-state index contributed by atoms with van der Waals surface area (Å²) in [5.74, 6) is -0.602. The molecule has 5 nitrogen and oxygen atoms in total. The summed E-state index contributed by atoms with van der Waals surface area (Å²) >= 11 is 1.48. The number of likely N-dealkylation sites (N-methyl/N-ethyl adjacent to an activating group) is 1. The molecule has 27 heavy (non-hydrogen) atoms. The Hall–Kier alpha value is -2.60. The third-order valence-electron chi connectivity index (χ3n) is 4.52. The monoisotopic (exact) mass is 384 g/mol.